The third-order valence-corrected chi connectivity index (χ3v) is 7.10. The average molecular weight is 343 g/mol. The lowest BCUT2D eigenvalue weighted by molar-refractivity contribution is 0.583. The summed E-state index contributed by atoms with van der Waals surface area (Å²) in [5.41, 5.74) is 0.994. The molecule has 1 fully saturated rings. The minimum absolute atomic E-state index is 0.350. The maximum absolute atomic E-state index is 12.2. The molecule has 3 rings (SSSR count). The summed E-state index contributed by atoms with van der Waals surface area (Å²) in [6.45, 7) is 1.27. The Balaban J connectivity index is 1.55. The zero-order chi connectivity index (χ0) is 14.7. The molecule has 0 spiro atoms. The second kappa shape index (κ2) is 6.58. The van der Waals surface area contributed by atoms with E-state index >= 15 is 0 Å². The summed E-state index contributed by atoms with van der Waals surface area (Å²) in [5, 5.41) is 7.33. The zero-order valence-electron chi connectivity index (χ0n) is 11.5. The first-order valence-electron chi connectivity index (χ1n) is 6.96. The third-order valence-electron chi connectivity index (χ3n) is 3.33. The molecule has 4 nitrogen and oxygen atoms in total. The highest BCUT2D eigenvalue weighted by Gasteiger charge is 2.20. The van der Waals surface area contributed by atoms with Gasteiger partial charge in [-0.15, -0.1) is 11.3 Å². The molecule has 0 bridgehead atoms. The van der Waals surface area contributed by atoms with E-state index in [0.29, 0.717) is 16.8 Å². The van der Waals surface area contributed by atoms with E-state index in [4.69, 9.17) is 0 Å². The first kappa shape index (κ1) is 15.2. The van der Waals surface area contributed by atoms with E-state index in [1.165, 1.54) is 24.2 Å². The first-order chi connectivity index (χ1) is 10.1. The molecule has 0 aliphatic heterocycles. The number of hydrogen-bond acceptors (Lipinski definition) is 5. The van der Waals surface area contributed by atoms with E-state index in [1.807, 2.05) is 22.9 Å². The molecule has 21 heavy (non-hydrogen) atoms. The van der Waals surface area contributed by atoms with E-state index in [9.17, 15) is 8.42 Å². The minimum atomic E-state index is -3.39. The Morgan fingerprint density at radius 1 is 1.24 bits per heavy atom. The van der Waals surface area contributed by atoms with Crippen LogP contribution in [0.25, 0.3) is 0 Å². The highest BCUT2D eigenvalue weighted by Crippen LogP contribution is 2.23. The van der Waals surface area contributed by atoms with Crippen LogP contribution in [-0.2, 0) is 23.0 Å². The molecule has 1 aliphatic rings. The van der Waals surface area contributed by atoms with Crippen molar-refractivity contribution in [1.29, 1.82) is 0 Å². The number of rotatable bonds is 8. The molecular weight excluding hydrogens is 324 g/mol. The molecule has 1 saturated carbocycles. The van der Waals surface area contributed by atoms with Crippen LogP contribution in [0.3, 0.4) is 0 Å². The van der Waals surface area contributed by atoms with Crippen LogP contribution in [0, 0.1) is 0 Å². The molecule has 114 valence electrons. The maximum Gasteiger partial charge on any atom is 0.250 e. The van der Waals surface area contributed by atoms with Gasteiger partial charge < -0.3 is 5.32 Å². The molecule has 7 heteroatoms. The molecule has 0 atom stereocenters. The largest absolute Gasteiger partial charge is 0.314 e. The molecule has 0 saturated heterocycles. The van der Waals surface area contributed by atoms with Crippen molar-refractivity contribution in [2.24, 2.45) is 0 Å². The Bertz CT molecular complexity index is 673. The SMILES string of the molecule is O=S(=O)(NCc1ccsc1)c1ccc(CCNC2CC2)s1. The van der Waals surface area contributed by atoms with Crippen molar-refractivity contribution in [3.8, 4) is 0 Å². The fourth-order valence-corrected chi connectivity index (χ4v) is 5.05. The number of sulfonamides is 1. The summed E-state index contributed by atoms with van der Waals surface area (Å²) in [7, 11) is -3.39. The molecule has 2 heterocycles. The predicted octanol–water partition coefficient (Wildman–Crippen LogP) is 2.58. The van der Waals surface area contributed by atoms with E-state index < -0.39 is 10.0 Å². The topological polar surface area (TPSA) is 58.2 Å². The van der Waals surface area contributed by atoms with E-state index in [0.717, 1.165) is 23.4 Å². The van der Waals surface area contributed by atoms with Gasteiger partial charge in [0, 0.05) is 24.0 Å². The van der Waals surface area contributed by atoms with Crippen LogP contribution in [0.1, 0.15) is 23.3 Å². The highest BCUT2D eigenvalue weighted by molar-refractivity contribution is 7.91. The van der Waals surface area contributed by atoms with Gasteiger partial charge in [-0.1, -0.05) is 0 Å². The van der Waals surface area contributed by atoms with Crippen molar-refractivity contribution in [1.82, 2.24) is 10.0 Å². The van der Waals surface area contributed by atoms with Crippen molar-refractivity contribution in [3.63, 3.8) is 0 Å². The molecule has 2 aromatic rings. The highest BCUT2D eigenvalue weighted by atomic mass is 32.2. The van der Waals surface area contributed by atoms with Gasteiger partial charge in [0.25, 0.3) is 0 Å². The maximum atomic E-state index is 12.2. The van der Waals surface area contributed by atoms with Gasteiger partial charge in [0.15, 0.2) is 0 Å². The Morgan fingerprint density at radius 2 is 2.10 bits per heavy atom. The Hall–Kier alpha value is -0.730. The van der Waals surface area contributed by atoms with Crippen LogP contribution < -0.4 is 10.0 Å². The fourth-order valence-electron chi connectivity index (χ4n) is 1.97. The lowest BCUT2D eigenvalue weighted by atomic mass is 10.3. The van der Waals surface area contributed by atoms with Crippen molar-refractivity contribution in [2.45, 2.75) is 36.1 Å². The summed E-state index contributed by atoms with van der Waals surface area (Å²) in [6, 6.07) is 6.24. The second-order valence-corrected chi connectivity index (χ2v) is 9.10. The van der Waals surface area contributed by atoms with Gasteiger partial charge in [0.05, 0.1) is 0 Å². The quantitative estimate of drug-likeness (QED) is 0.775. The van der Waals surface area contributed by atoms with E-state index in [2.05, 4.69) is 10.0 Å². The van der Waals surface area contributed by atoms with Gasteiger partial charge in [-0.3, -0.25) is 0 Å². The lowest BCUT2D eigenvalue weighted by Gasteiger charge is -2.03. The summed E-state index contributed by atoms with van der Waals surface area (Å²) in [4.78, 5) is 1.11. The van der Waals surface area contributed by atoms with E-state index in [1.54, 1.807) is 17.4 Å². The molecule has 0 radical (unpaired) electrons. The third kappa shape index (κ3) is 4.37. The Labute approximate surface area is 133 Å². The van der Waals surface area contributed by atoms with Gasteiger partial charge in [-0.2, -0.15) is 11.3 Å². The van der Waals surface area contributed by atoms with Gasteiger partial charge in [-0.05, 0) is 53.8 Å². The number of hydrogen-bond donors (Lipinski definition) is 2. The normalized spacial score (nSPS) is 15.4. The molecule has 0 amide bonds. The van der Waals surface area contributed by atoms with Crippen molar-refractivity contribution in [2.75, 3.05) is 6.54 Å². The predicted molar refractivity (Wildman–Crippen MR) is 87.4 cm³/mol. The molecular formula is C14H18N2O2S3. The number of nitrogens with one attached hydrogen (secondary N) is 2. The standard InChI is InChI=1S/C14H18N2O2S3/c17-21(18,16-9-11-6-8-19-10-11)14-4-3-13(20-14)5-7-15-12-1-2-12/h3-4,6,8,10,12,15-16H,1-2,5,7,9H2. The molecule has 0 aromatic carbocycles. The summed E-state index contributed by atoms with van der Waals surface area (Å²) in [6.07, 6.45) is 3.44. The van der Waals surface area contributed by atoms with Crippen LogP contribution in [0.2, 0.25) is 0 Å². The minimum Gasteiger partial charge on any atom is -0.314 e. The Morgan fingerprint density at radius 3 is 2.81 bits per heavy atom. The van der Waals surface area contributed by atoms with Crippen molar-refractivity contribution < 1.29 is 8.42 Å². The van der Waals surface area contributed by atoms with Crippen LogP contribution >= 0.6 is 22.7 Å². The lowest BCUT2D eigenvalue weighted by Crippen LogP contribution is -2.22. The molecule has 1 aliphatic carbocycles. The smallest absolute Gasteiger partial charge is 0.250 e. The van der Waals surface area contributed by atoms with Gasteiger partial charge >= 0.3 is 0 Å². The fraction of sp³-hybridized carbons (Fsp3) is 0.429. The van der Waals surface area contributed by atoms with Gasteiger partial charge in [0.1, 0.15) is 4.21 Å². The molecule has 2 aromatic heterocycles. The van der Waals surface area contributed by atoms with Crippen LogP contribution in [0.15, 0.2) is 33.2 Å². The van der Waals surface area contributed by atoms with Crippen LogP contribution in [0.4, 0.5) is 0 Å². The van der Waals surface area contributed by atoms with Gasteiger partial charge in [0.2, 0.25) is 10.0 Å². The molecule has 2 N–H and O–H groups in total. The van der Waals surface area contributed by atoms with Crippen molar-refractivity contribution in [3.05, 3.63) is 39.4 Å². The van der Waals surface area contributed by atoms with Crippen molar-refractivity contribution >= 4 is 32.7 Å². The van der Waals surface area contributed by atoms with Gasteiger partial charge in [-0.25, -0.2) is 13.1 Å². The average Bonchev–Trinajstić information content (AvgIpc) is 2.94. The summed E-state index contributed by atoms with van der Waals surface area (Å²) < 4.78 is 27.5. The molecule has 0 unspecified atom stereocenters. The van der Waals surface area contributed by atoms with E-state index in [-0.39, 0.29) is 0 Å². The Kier molecular flexibility index (Phi) is 4.75. The second-order valence-electron chi connectivity index (χ2n) is 5.16. The summed E-state index contributed by atoms with van der Waals surface area (Å²) >= 11 is 2.93. The first-order valence-corrected chi connectivity index (χ1v) is 10.2. The van der Waals surface area contributed by atoms with Crippen LogP contribution in [0.5, 0.6) is 0 Å². The number of thiophene rings is 2. The summed E-state index contributed by atoms with van der Waals surface area (Å²) in [5.74, 6) is 0. The van der Waals surface area contributed by atoms with Crippen LogP contribution in [-0.4, -0.2) is 21.0 Å². The monoisotopic (exact) mass is 342 g/mol. The zero-order valence-corrected chi connectivity index (χ0v) is 14.0.